The van der Waals surface area contributed by atoms with Gasteiger partial charge in [-0.2, -0.15) is 0 Å². The zero-order valence-electron chi connectivity index (χ0n) is 15.1. The van der Waals surface area contributed by atoms with Gasteiger partial charge in [0.15, 0.2) is 0 Å². The molecule has 2 heterocycles. The third kappa shape index (κ3) is 3.65. The molecule has 0 spiro atoms. The van der Waals surface area contributed by atoms with Crippen LogP contribution in [0.5, 0.6) is 0 Å². The summed E-state index contributed by atoms with van der Waals surface area (Å²) in [5.74, 6) is 0.239. The van der Waals surface area contributed by atoms with Crippen molar-refractivity contribution in [2.75, 3.05) is 0 Å². The third-order valence-electron chi connectivity index (χ3n) is 5.55. The van der Waals surface area contributed by atoms with Crippen molar-refractivity contribution < 1.29 is 19.4 Å². The van der Waals surface area contributed by atoms with Gasteiger partial charge in [0.2, 0.25) is 0 Å². The molecule has 3 rings (SSSR count). The summed E-state index contributed by atoms with van der Waals surface area (Å²) in [6, 6.07) is 0. The number of allylic oxidation sites excluding steroid dienone is 3. The minimum Gasteiger partial charge on any atom is -0.423 e. The first-order chi connectivity index (χ1) is 11.2. The van der Waals surface area contributed by atoms with Crippen LogP contribution in [0.4, 0.5) is 0 Å². The molecule has 0 aromatic carbocycles. The van der Waals surface area contributed by atoms with Gasteiger partial charge in [-0.1, -0.05) is 11.6 Å². The number of carbonyl (C=O) groups excluding carboxylic acids is 1. The van der Waals surface area contributed by atoms with Crippen molar-refractivity contribution in [3.63, 3.8) is 0 Å². The molecule has 1 fully saturated rings. The maximum absolute atomic E-state index is 11.9. The first-order valence-corrected chi connectivity index (χ1v) is 8.91. The second-order valence-electron chi connectivity index (χ2n) is 7.91. The molecule has 24 heavy (non-hydrogen) atoms. The maximum Gasteiger partial charge on any atom is 0.339 e. The highest BCUT2D eigenvalue weighted by molar-refractivity contribution is 5.93. The van der Waals surface area contributed by atoms with E-state index in [9.17, 15) is 9.90 Å². The Morgan fingerprint density at radius 2 is 1.96 bits per heavy atom. The van der Waals surface area contributed by atoms with Gasteiger partial charge in [0.1, 0.15) is 5.76 Å². The van der Waals surface area contributed by atoms with Gasteiger partial charge in [-0.05, 0) is 72.3 Å². The Morgan fingerprint density at radius 1 is 1.21 bits per heavy atom. The van der Waals surface area contributed by atoms with Crippen molar-refractivity contribution in [2.24, 2.45) is 0 Å². The molecule has 132 valence electrons. The fourth-order valence-electron chi connectivity index (χ4n) is 3.66. The summed E-state index contributed by atoms with van der Waals surface area (Å²) in [5.41, 5.74) is 1.85. The predicted octanol–water partition coefficient (Wildman–Crippen LogP) is 3.95. The van der Waals surface area contributed by atoms with Crippen molar-refractivity contribution in [3.05, 3.63) is 34.6 Å². The highest BCUT2D eigenvalue weighted by Gasteiger charge is 2.51. The number of aliphatic hydroxyl groups is 1. The number of ether oxygens (including phenoxy) is 2. The zero-order valence-corrected chi connectivity index (χ0v) is 15.1. The highest BCUT2D eigenvalue weighted by Crippen LogP contribution is 2.44. The Morgan fingerprint density at radius 3 is 2.71 bits per heavy atom. The van der Waals surface area contributed by atoms with Crippen molar-refractivity contribution >= 4 is 5.97 Å². The monoisotopic (exact) mass is 332 g/mol. The van der Waals surface area contributed by atoms with Crippen LogP contribution in [0.15, 0.2) is 34.6 Å². The van der Waals surface area contributed by atoms with Crippen molar-refractivity contribution in [1.82, 2.24) is 0 Å². The van der Waals surface area contributed by atoms with Crippen LogP contribution >= 0.6 is 0 Å². The minimum absolute atomic E-state index is 0.0500. The molecule has 4 nitrogen and oxygen atoms in total. The number of fused-ring (bicyclic) bond motifs is 2. The third-order valence-corrected chi connectivity index (χ3v) is 5.55. The van der Waals surface area contributed by atoms with E-state index in [1.807, 2.05) is 0 Å². The fraction of sp³-hybridized carbons (Fsp3) is 0.650. The van der Waals surface area contributed by atoms with Crippen LogP contribution in [-0.4, -0.2) is 28.4 Å². The Hall–Kier alpha value is -1.39. The van der Waals surface area contributed by atoms with Crippen LogP contribution in [0.2, 0.25) is 0 Å². The van der Waals surface area contributed by atoms with Crippen molar-refractivity contribution in [3.8, 4) is 0 Å². The van der Waals surface area contributed by atoms with Crippen LogP contribution in [0.3, 0.4) is 0 Å². The van der Waals surface area contributed by atoms with Crippen LogP contribution in [0.1, 0.15) is 66.2 Å². The summed E-state index contributed by atoms with van der Waals surface area (Å²) in [6.07, 6.45) is 9.28. The van der Waals surface area contributed by atoms with E-state index in [2.05, 4.69) is 19.9 Å². The topological polar surface area (TPSA) is 59.1 Å². The second-order valence-corrected chi connectivity index (χ2v) is 7.91. The molecule has 1 N–H and O–H groups in total. The van der Waals surface area contributed by atoms with Crippen molar-refractivity contribution in [2.45, 2.75) is 83.5 Å². The van der Waals surface area contributed by atoms with Crippen LogP contribution in [-0.2, 0) is 14.3 Å². The molecule has 0 bridgehead atoms. The van der Waals surface area contributed by atoms with Gasteiger partial charge in [0.05, 0.1) is 17.3 Å². The molecule has 2 aliphatic heterocycles. The Bertz CT molecular complexity index is 638. The lowest BCUT2D eigenvalue weighted by atomic mass is 9.90. The molecule has 3 atom stereocenters. The molecule has 1 aliphatic carbocycles. The molecule has 0 aromatic heterocycles. The van der Waals surface area contributed by atoms with E-state index in [4.69, 9.17) is 9.47 Å². The predicted molar refractivity (Wildman–Crippen MR) is 92.2 cm³/mol. The molecular formula is C20H28O4. The number of carbonyl (C=O) groups is 1. The van der Waals surface area contributed by atoms with Gasteiger partial charge in [-0.15, -0.1) is 0 Å². The van der Waals surface area contributed by atoms with Gasteiger partial charge in [-0.3, -0.25) is 0 Å². The Labute approximate surface area is 144 Å². The SMILES string of the molecule is CC1=C2CC/C(C)=C/CC[C@]3(C)O[C@H]3CC[C@](C)(O)/C=C\2OC1=O. The van der Waals surface area contributed by atoms with Gasteiger partial charge < -0.3 is 14.6 Å². The summed E-state index contributed by atoms with van der Waals surface area (Å²) in [4.78, 5) is 11.9. The highest BCUT2D eigenvalue weighted by atomic mass is 16.6. The van der Waals surface area contributed by atoms with E-state index < -0.39 is 5.60 Å². The number of epoxide rings is 1. The molecule has 0 amide bonds. The Kier molecular flexibility index (Phi) is 4.47. The second kappa shape index (κ2) is 6.16. The first kappa shape index (κ1) is 17.4. The first-order valence-electron chi connectivity index (χ1n) is 8.91. The molecule has 0 saturated carbocycles. The fourth-order valence-corrected chi connectivity index (χ4v) is 3.66. The quantitative estimate of drug-likeness (QED) is 0.414. The van der Waals surface area contributed by atoms with E-state index in [1.54, 1.807) is 19.9 Å². The summed E-state index contributed by atoms with van der Waals surface area (Å²) >= 11 is 0. The summed E-state index contributed by atoms with van der Waals surface area (Å²) < 4.78 is 11.3. The lowest BCUT2D eigenvalue weighted by Gasteiger charge is -2.20. The van der Waals surface area contributed by atoms with Crippen LogP contribution in [0.25, 0.3) is 0 Å². The van der Waals surface area contributed by atoms with E-state index in [0.717, 1.165) is 37.7 Å². The number of esters is 1. The van der Waals surface area contributed by atoms with E-state index in [0.29, 0.717) is 17.8 Å². The molecule has 3 aliphatic rings. The van der Waals surface area contributed by atoms with E-state index in [1.165, 1.54) is 5.57 Å². The van der Waals surface area contributed by atoms with E-state index in [-0.39, 0.29) is 17.7 Å². The largest absolute Gasteiger partial charge is 0.423 e. The molecular weight excluding hydrogens is 304 g/mol. The summed E-state index contributed by atoms with van der Waals surface area (Å²) in [7, 11) is 0. The van der Waals surface area contributed by atoms with Crippen LogP contribution < -0.4 is 0 Å². The van der Waals surface area contributed by atoms with Gasteiger partial charge >= 0.3 is 5.97 Å². The Balaban J connectivity index is 1.87. The van der Waals surface area contributed by atoms with Gasteiger partial charge in [-0.25, -0.2) is 4.79 Å². The average Bonchev–Trinajstić information content (AvgIpc) is 3.06. The average molecular weight is 332 g/mol. The summed E-state index contributed by atoms with van der Waals surface area (Å²) in [6.45, 7) is 7.87. The van der Waals surface area contributed by atoms with Gasteiger partial charge in [0.25, 0.3) is 0 Å². The molecule has 0 unspecified atom stereocenters. The number of hydrogen-bond acceptors (Lipinski definition) is 4. The lowest BCUT2D eigenvalue weighted by molar-refractivity contribution is -0.133. The van der Waals surface area contributed by atoms with E-state index >= 15 is 0 Å². The number of rotatable bonds is 0. The smallest absolute Gasteiger partial charge is 0.339 e. The standard InChI is InChI=1S/C20H28O4/c1-13-6-5-10-20(4)17(24-20)9-11-19(3,22)12-16-15(8-7-13)14(2)18(21)23-16/h6,12,17,22H,5,7-11H2,1-4H3/b13-6+,16-12+/t17-,19-,20-/m0/s1. The molecule has 1 saturated heterocycles. The minimum atomic E-state index is -1.01. The van der Waals surface area contributed by atoms with Gasteiger partial charge in [0, 0.05) is 11.1 Å². The zero-order chi connectivity index (χ0) is 17.5. The number of hydrogen-bond donors (Lipinski definition) is 1. The van der Waals surface area contributed by atoms with Crippen molar-refractivity contribution in [1.29, 1.82) is 0 Å². The molecule has 0 aromatic rings. The normalized spacial score (nSPS) is 42.0. The van der Waals surface area contributed by atoms with Crippen LogP contribution in [0, 0.1) is 0 Å². The lowest BCUT2D eigenvalue weighted by Crippen LogP contribution is -2.23. The maximum atomic E-state index is 11.9. The molecule has 0 radical (unpaired) electrons. The molecule has 4 heteroatoms. The summed E-state index contributed by atoms with van der Waals surface area (Å²) in [5, 5.41) is 10.7.